The second-order valence-electron chi connectivity index (χ2n) is 8.10. The maximum Gasteiger partial charge on any atom is 0.243 e. The van der Waals surface area contributed by atoms with Gasteiger partial charge in [-0.05, 0) is 37.0 Å². The average molecular weight is 428 g/mol. The molecule has 0 spiro atoms. The Hall–Kier alpha value is -3.74. The molecule has 0 unspecified atom stereocenters. The number of rotatable bonds is 6. The van der Waals surface area contributed by atoms with Crippen LogP contribution in [0.1, 0.15) is 42.5 Å². The number of hydrogen-bond donors (Lipinski definition) is 1. The fraction of sp³-hybridized carbons (Fsp3) is 0.280. The van der Waals surface area contributed by atoms with E-state index in [4.69, 9.17) is 5.10 Å². The lowest BCUT2D eigenvalue weighted by Crippen LogP contribution is -2.25. The van der Waals surface area contributed by atoms with Crippen LogP contribution in [0.2, 0.25) is 0 Å². The number of aryl methyl sites for hydroxylation is 1. The van der Waals surface area contributed by atoms with Crippen molar-refractivity contribution in [1.82, 2.24) is 14.8 Å². The highest BCUT2D eigenvalue weighted by atomic mass is 16.2. The first-order valence-electron chi connectivity index (χ1n) is 11.1. The third kappa shape index (κ3) is 4.06. The molecule has 0 bridgehead atoms. The molecule has 0 saturated carbocycles. The van der Waals surface area contributed by atoms with Crippen LogP contribution in [-0.2, 0) is 22.4 Å². The van der Waals surface area contributed by atoms with E-state index in [0.29, 0.717) is 6.54 Å². The zero-order valence-electron chi connectivity index (χ0n) is 17.8. The zero-order valence-corrected chi connectivity index (χ0v) is 17.8. The van der Waals surface area contributed by atoms with E-state index in [1.165, 1.54) is 5.01 Å². The van der Waals surface area contributed by atoms with Crippen molar-refractivity contribution in [3.05, 3.63) is 77.5 Å². The molecule has 0 saturated heterocycles. The highest BCUT2D eigenvalue weighted by Crippen LogP contribution is 2.31. The van der Waals surface area contributed by atoms with E-state index in [2.05, 4.69) is 10.4 Å². The molecular formula is C25H25N5O2. The molecule has 2 aromatic carbocycles. The minimum Gasteiger partial charge on any atom is -0.310 e. The minimum absolute atomic E-state index is 0.111. The largest absolute Gasteiger partial charge is 0.310 e. The van der Waals surface area contributed by atoms with E-state index in [1.807, 2.05) is 60.7 Å². The van der Waals surface area contributed by atoms with Gasteiger partial charge in [0.1, 0.15) is 5.82 Å². The second-order valence-corrected chi connectivity index (χ2v) is 8.10. The normalized spacial score (nSPS) is 14.9. The van der Waals surface area contributed by atoms with E-state index in [0.717, 1.165) is 59.7 Å². The summed E-state index contributed by atoms with van der Waals surface area (Å²) in [6, 6.07) is 19.7. The Kier molecular flexibility index (Phi) is 5.54. The van der Waals surface area contributed by atoms with Gasteiger partial charge < -0.3 is 5.32 Å². The highest BCUT2D eigenvalue weighted by molar-refractivity contribution is 6.02. The van der Waals surface area contributed by atoms with Crippen LogP contribution in [0.15, 0.2) is 65.8 Å². The summed E-state index contributed by atoms with van der Waals surface area (Å²) in [5, 5.41) is 13.7. The summed E-state index contributed by atoms with van der Waals surface area (Å²) in [6.07, 6.45) is 3.84. The molecule has 2 aliphatic rings. The van der Waals surface area contributed by atoms with Gasteiger partial charge in [-0.25, -0.2) is 9.69 Å². The second kappa shape index (κ2) is 8.78. The zero-order chi connectivity index (χ0) is 21.9. The Balaban J connectivity index is 1.24. The fourth-order valence-corrected chi connectivity index (χ4v) is 4.29. The number of amides is 2. The molecule has 162 valence electrons. The van der Waals surface area contributed by atoms with Crippen molar-refractivity contribution in [2.24, 2.45) is 5.10 Å². The lowest BCUT2D eigenvalue weighted by molar-refractivity contribution is -0.132. The van der Waals surface area contributed by atoms with Crippen LogP contribution in [0.25, 0.3) is 5.69 Å². The number of anilines is 1. The number of fused-ring (bicyclic) bond motifs is 1. The van der Waals surface area contributed by atoms with Gasteiger partial charge in [0, 0.05) is 24.8 Å². The van der Waals surface area contributed by atoms with E-state index in [9.17, 15) is 9.59 Å². The SMILES string of the molecule is O=C(CCC(=O)N1CCC(c2ccccc2)=N1)Nc1c2c(nn1-c1ccccc1)CCC2. The highest BCUT2D eigenvalue weighted by Gasteiger charge is 2.25. The molecule has 32 heavy (non-hydrogen) atoms. The first kappa shape index (κ1) is 20.2. The molecule has 2 amide bonds. The number of hydrogen-bond acceptors (Lipinski definition) is 4. The lowest BCUT2D eigenvalue weighted by atomic mass is 10.1. The molecule has 1 N–H and O–H groups in total. The number of hydrazone groups is 1. The predicted molar refractivity (Wildman–Crippen MR) is 123 cm³/mol. The van der Waals surface area contributed by atoms with Gasteiger partial charge in [-0.1, -0.05) is 48.5 Å². The van der Waals surface area contributed by atoms with Crippen molar-refractivity contribution < 1.29 is 9.59 Å². The van der Waals surface area contributed by atoms with Crippen LogP contribution in [0.3, 0.4) is 0 Å². The summed E-state index contributed by atoms with van der Waals surface area (Å²) in [5.41, 5.74) is 4.99. The Morgan fingerprint density at radius 1 is 0.906 bits per heavy atom. The summed E-state index contributed by atoms with van der Waals surface area (Å²) in [6.45, 7) is 0.555. The molecule has 0 radical (unpaired) electrons. The molecule has 0 fully saturated rings. The predicted octanol–water partition coefficient (Wildman–Crippen LogP) is 3.72. The quantitative estimate of drug-likeness (QED) is 0.651. The number of carbonyl (C=O) groups excluding carboxylic acids is 2. The Labute approximate surface area is 186 Å². The monoisotopic (exact) mass is 427 g/mol. The van der Waals surface area contributed by atoms with Gasteiger partial charge in [0.05, 0.1) is 23.6 Å². The molecule has 1 aliphatic carbocycles. The van der Waals surface area contributed by atoms with E-state index in [1.54, 1.807) is 4.68 Å². The number of nitrogens with one attached hydrogen (secondary N) is 1. The number of nitrogens with zero attached hydrogens (tertiary/aromatic N) is 4. The van der Waals surface area contributed by atoms with Crippen molar-refractivity contribution in [3.63, 3.8) is 0 Å². The lowest BCUT2D eigenvalue weighted by Gasteiger charge is -2.13. The van der Waals surface area contributed by atoms with E-state index < -0.39 is 0 Å². The minimum atomic E-state index is -0.184. The molecule has 1 aliphatic heterocycles. The smallest absolute Gasteiger partial charge is 0.243 e. The number of benzene rings is 2. The summed E-state index contributed by atoms with van der Waals surface area (Å²) in [5.74, 6) is 0.413. The van der Waals surface area contributed by atoms with Crippen molar-refractivity contribution in [3.8, 4) is 5.69 Å². The van der Waals surface area contributed by atoms with Gasteiger partial charge in [-0.3, -0.25) is 9.59 Å². The van der Waals surface area contributed by atoms with Crippen molar-refractivity contribution >= 4 is 23.3 Å². The van der Waals surface area contributed by atoms with Crippen LogP contribution in [0.5, 0.6) is 0 Å². The first-order valence-corrected chi connectivity index (χ1v) is 11.1. The van der Waals surface area contributed by atoms with Crippen LogP contribution >= 0.6 is 0 Å². The molecule has 1 aromatic heterocycles. The third-order valence-electron chi connectivity index (χ3n) is 5.93. The maximum absolute atomic E-state index is 12.7. The Morgan fingerprint density at radius 2 is 1.66 bits per heavy atom. The van der Waals surface area contributed by atoms with Crippen molar-refractivity contribution in [2.45, 2.75) is 38.5 Å². The van der Waals surface area contributed by atoms with Gasteiger partial charge in [-0.15, -0.1) is 0 Å². The van der Waals surface area contributed by atoms with Gasteiger partial charge >= 0.3 is 0 Å². The molecule has 0 atom stereocenters. The van der Waals surface area contributed by atoms with E-state index in [-0.39, 0.29) is 24.7 Å². The van der Waals surface area contributed by atoms with Crippen LogP contribution in [0, 0.1) is 0 Å². The summed E-state index contributed by atoms with van der Waals surface area (Å²) in [7, 11) is 0. The van der Waals surface area contributed by atoms with Crippen LogP contribution in [-0.4, -0.2) is 38.9 Å². The van der Waals surface area contributed by atoms with Crippen molar-refractivity contribution in [2.75, 3.05) is 11.9 Å². The number of carbonyl (C=O) groups is 2. The van der Waals surface area contributed by atoms with Crippen LogP contribution < -0.4 is 5.32 Å². The average Bonchev–Trinajstić information content (AvgIpc) is 3.56. The third-order valence-corrected chi connectivity index (χ3v) is 5.93. The number of aromatic nitrogens is 2. The van der Waals surface area contributed by atoms with Gasteiger partial charge in [-0.2, -0.15) is 10.2 Å². The molecule has 5 rings (SSSR count). The first-order chi connectivity index (χ1) is 15.7. The van der Waals surface area contributed by atoms with Crippen LogP contribution in [0.4, 0.5) is 5.82 Å². The van der Waals surface area contributed by atoms with E-state index >= 15 is 0 Å². The summed E-state index contributed by atoms with van der Waals surface area (Å²) in [4.78, 5) is 25.4. The molecule has 7 heteroatoms. The molecule has 3 aromatic rings. The summed E-state index contributed by atoms with van der Waals surface area (Å²) >= 11 is 0. The van der Waals surface area contributed by atoms with Gasteiger partial charge in [0.15, 0.2) is 0 Å². The molecule has 7 nitrogen and oxygen atoms in total. The molecular weight excluding hydrogens is 402 g/mol. The van der Waals surface area contributed by atoms with Crippen molar-refractivity contribution in [1.29, 1.82) is 0 Å². The summed E-state index contributed by atoms with van der Waals surface area (Å²) < 4.78 is 1.81. The van der Waals surface area contributed by atoms with Gasteiger partial charge in [0.2, 0.25) is 11.8 Å². The number of para-hydroxylation sites is 1. The standard InChI is InChI=1S/C25H25N5O2/c31-23(14-15-24(32)29-17-16-21(27-29)18-8-3-1-4-9-18)26-25-20-12-7-13-22(20)28-30(25)19-10-5-2-6-11-19/h1-6,8-11H,7,12-17H2,(H,26,31). The Morgan fingerprint density at radius 3 is 2.44 bits per heavy atom. The Bertz CT molecular complexity index is 1170. The molecule has 2 heterocycles. The maximum atomic E-state index is 12.7. The van der Waals surface area contributed by atoms with Gasteiger partial charge in [0.25, 0.3) is 0 Å². The fourth-order valence-electron chi connectivity index (χ4n) is 4.29. The topological polar surface area (TPSA) is 79.6 Å².